The van der Waals surface area contributed by atoms with Gasteiger partial charge in [0.15, 0.2) is 0 Å². The summed E-state index contributed by atoms with van der Waals surface area (Å²) in [6, 6.07) is 8.56. The molecule has 2 aromatic rings. The first kappa shape index (κ1) is 35.1. The van der Waals surface area contributed by atoms with Gasteiger partial charge in [0.1, 0.15) is 0 Å². The summed E-state index contributed by atoms with van der Waals surface area (Å²) in [5.74, 6) is 1.46. The van der Waals surface area contributed by atoms with Crippen LogP contribution in [0.25, 0.3) is 17.0 Å². The van der Waals surface area contributed by atoms with E-state index in [0.717, 1.165) is 51.4 Å². The summed E-state index contributed by atoms with van der Waals surface area (Å²) in [4.78, 5) is 0. The summed E-state index contributed by atoms with van der Waals surface area (Å²) in [6.45, 7) is 25.1. The van der Waals surface area contributed by atoms with Crippen LogP contribution in [0.5, 0.6) is 0 Å². The van der Waals surface area contributed by atoms with Crippen molar-refractivity contribution in [1.82, 2.24) is 15.2 Å². The molecule has 0 radical (unpaired) electrons. The highest BCUT2D eigenvalue weighted by molar-refractivity contribution is 5.89. The number of benzene rings is 1. The number of nitrogens with one attached hydrogen (secondary N) is 2. The lowest BCUT2D eigenvalue weighted by atomic mass is 10.1. The maximum absolute atomic E-state index is 3.93. The van der Waals surface area contributed by atoms with Crippen molar-refractivity contribution in [3.8, 4) is 0 Å². The quantitative estimate of drug-likeness (QED) is 0.220. The lowest BCUT2D eigenvalue weighted by molar-refractivity contribution is 0.501. The Hall–Kier alpha value is -2.10. The van der Waals surface area contributed by atoms with Crippen LogP contribution in [0.3, 0.4) is 0 Å². The Kier molecular flexibility index (Phi) is 25.1. The number of hydrogen-bond donors (Lipinski definition) is 2. The molecule has 0 saturated carbocycles. The summed E-state index contributed by atoms with van der Waals surface area (Å²) in [5.41, 5.74) is 2.53. The summed E-state index contributed by atoms with van der Waals surface area (Å²) in [6.07, 6.45) is 16.3. The maximum Gasteiger partial charge on any atom is 0.0486 e. The molecule has 0 amide bonds. The number of aryl methyl sites for hydroxylation is 1. The second-order valence-electron chi connectivity index (χ2n) is 8.61. The average molecular weight is 484 g/mol. The minimum absolute atomic E-state index is 0.672. The molecule has 0 saturated heterocycles. The smallest absolute Gasteiger partial charge is 0.0486 e. The number of rotatable bonds is 13. The average Bonchev–Trinajstić information content (AvgIpc) is 3.24. The fourth-order valence-corrected chi connectivity index (χ4v) is 3.44. The van der Waals surface area contributed by atoms with Gasteiger partial charge in [0.25, 0.3) is 0 Å². The standard InChI is InChI=1S/C23H32N2.C5H13N.2C2H6/c1-4-6-7-8-9-13-20(3)18-24-16-12-17-25-19-21(5-2)22-14-10-11-15-23(22)25;1-5(2)4-6-3;2*1-2/h5-11,14-15,19-20,24H,2,4,12-13,16-18H2,1,3H3;5-6H,4H2,1-3H3;2*1-2H3/b7-6-,9-8-;;;. The molecule has 2 rings (SSSR count). The van der Waals surface area contributed by atoms with Gasteiger partial charge in [-0.3, -0.25) is 0 Å². The predicted octanol–water partition coefficient (Wildman–Crippen LogP) is 8.73. The Balaban J connectivity index is 0. The van der Waals surface area contributed by atoms with Crippen LogP contribution >= 0.6 is 0 Å². The van der Waals surface area contributed by atoms with Gasteiger partial charge in [0, 0.05) is 23.6 Å². The zero-order valence-electron chi connectivity index (χ0n) is 24.5. The summed E-state index contributed by atoms with van der Waals surface area (Å²) in [7, 11) is 1.97. The van der Waals surface area contributed by atoms with Crippen LogP contribution in [0.2, 0.25) is 0 Å². The molecule has 1 aromatic carbocycles. The Morgan fingerprint density at radius 2 is 1.63 bits per heavy atom. The molecule has 0 spiro atoms. The van der Waals surface area contributed by atoms with Crippen molar-refractivity contribution in [2.24, 2.45) is 11.8 Å². The van der Waals surface area contributed by atoms with Crippen molar-refractivity contribution in [2.45, 2.75) is 81.2 Å². The minimum atomic E-state index is 0.672. The molecule has 1 heterocycles. The van der Waals surface area contributed by atoms with Crippen LogP contribution < -0.4 is 10.6 Å². The summed E-state index contributed by atoms with van der Waals surface area (Å²) in [5, 5.41) is 7.95. The number of para-hydroxylation sites is 1. The molecule has 3 heteroatoms. The van der Waals surface area contributed by atoms with Crippen molar-refractivity contribution >= 4 is 17.0 Å². The number of fused-ring (bicyclic) bond motifs is 1. The third-order valence-corrected chi connectivity index (χ3v) is 5.05. The normalized spacial score (nSPS) is 11.5. The van der Waals surface area contributed by atoms with Crippen LogP contribution in [0.1, 0.15) is 80.2 Å². The second kappa shape index (κ2) is 25.0. The zero-order chi connectivity index (χ0) is 26.9. The number of aromatic nitrogens is 1. The Morgan fingerprint density at radius 3 is 2.20 bits per heavy atom. The molecule has 0 bridgehead atoms. The predicted molar refractivity (Wildman–Crippen MR) is 163 cm³/mol. The summed E-state index contributed by atoms with van der Waals surface area (Å²) >= 11 is 0. The third kappa shape index (κ3) is 17.0. The van der Waals surface area contributed by atoms with E-state index < -0.39 is 0 Å². The summed E-state index contributed by atoms with van der Waals surface area (Å²) < 4.78 is 2.35. The van der Waals surface area contributed by atoms with Crippen molar-refractivity contribution in [2.75, 3.05) is 26.7 Å². The topological polar surface area (TPSA) is 29.0 Å². The highest BCUT2D eigenvalue weighted by atomic mass is 15.0. The van der Waals surface area contributed by atoms with E-state index >= 15 is 0 Å². The van der Waals surface area contributed by atoms with Gasteiger partial charge in [-0.05, 0) is 69.4 Å². The van der Waals surface area contributed by atoms with E-state index in [-0.39, 0.29) is 0 Å². The van der Waals surface area contributed by atoms with E-state index in [4.69, 9.17) is 0 Å². The fourth-order valence-electron chi connectivity index (χ4n) is 3.44. The van der Waals surface area contributed by atoms with E-state index in [1.165, 1.54) is 16.5 Å². The molecule has 200 valence electrons. The lowest BCUT2D eigenvalue weighted by Crippen LogP contribution is -2.22. The van der Waals surface area contributed by atoms with Crippen molar-refractivity contribution < 1.29 is 0 Å². The van der Waals surface area contributed by atoms with Crippen molar-refractivity contribution in [3.05, 3.63) is 66.9 Å². The van der Waals surface area contributed by atoms with Crippen LogP contribution in [-0.2, 0) is 6.54 Å². The van der Waals surface area contributed by atoms with Crippen LogP contribution in [0, 0.1) is 11.8 Å². The van der Waals surface area contributed by atoms with Gasteiger partial charge >= 0.3 is 0 Å². The van der Waals surface area contributed by atoms with Crippen molar-refractivity contribution in [3.63, 3.8) is 0 Å². The number of nitrogens with zero attached hydrogens (tertiary/aromatic N) is 1. The number of hydrogen-bond acceptors (Lipinski definition) is 2. The molecule has 3 nitrogen and oxygen atoms in total. The molecule has 0 aliphatic rings. The first-order chi connectivity index (χ1) is 17.0. The van der Waals surface area contributed by atoms with E-state index in [0.29, 0.717) is 5.92 Å². The SMILES string of the molecule is C=Cc1cn(CCCNCC(C)C/C=C\C=C/CC)c2ccccc12.CC.CC.CNCC(C)C. The van der Waals surface area contributed by atoms with Crippen molar-refractivity contribution in [1.29, 1.82) is 0 Å². The largest absolute Gasteiger partial charge is 0.347 e. The molecule has 2 N–H and O–H groups in total. The highest BCUT2D eigenvalue weighted by Gasteiger charge is 2.05. The van der Waals surface area contributed by atoms with E-state index in [1.54, 1.807) is 0 Å². The maximum atomic E-state index is 3.93. The molecule has 1 atom stereocenters. The van der Waals surface area contributed by atoms with E-state index in [9.17, 15) is 0 Å². The van der Waals surface area contributed by atoms with Crippen LogP contribution in [0.4, 0.5) is 0 Å². The van der Waals surface area contributed by atoms with Crippen LogP contribution in [-0.4, -0.2) is 31.2 Å². The van der Waals surface area contributed by atoms with Gasteiger partial charge in [0.05, 0.1) is 0 Å². The highest BCUT2D eigenvalue weighted by Crippen LogP contribution is 2.22. The molecule has 0 aliphatic heterocycles. The van der Waals surface area contributed by atoms with Gasteiger partial charge in [-0.1, -0.05) is 111 Å². The molecule has 0 aliphatic carbocycles. The van der Waals surface area contributed by atoms with Gasteiger partial charge in [-0.25, -0.2) is 0 Å². The van der Waals surface area contributed by atoms with Gasteiger partial charge in [-0.15, -0.1) is 0 Å². The zero-order valence-corrected chi connectivity index (χ0v) is 24.5. The van der Waals surface area contributed by atoms with Crippen LogP contribution in [0.15, 0.2) is 61.3 Å². The first-order valence-electron chi connectivity index (χ1n) is 13.9. The minimum Gasteiger partial charge on any atom is -0.347 e. The Morgan fingerprint density at radius 1 is 0.971 bits per heavy atom. The molecular weight excluding hydrogens is 426 g/mol. The number of allylic oxidation sites excluding steroid dienone is 4. The molecule has 35 heavy (non-hydrogen) atoms. The molecular formula is C32H57N3. The fraction of sp³-hybridized carbons (Fsp3) is 0.562. The van der Waals surface area contributed by atoms with E-state index in [1.807, 2.05) is 40.8 Å². The lowest BCUT2D eigenvalue weighted by Gasteiger charge is -2.11. The van der Waals surface area contributed by atoms with Gasteiger partial charge < -0.3 is 15.2 Å². The Bertz CT molecular complexity index is 783. The second-order valence-corrected chi connectivity index (χ2v) is 8.61. The molecule has 0 fully saturated rings. The Labute approximate surface area is 218 Å². The first-order valence-corrected chi connectivity index (χ1v) is 13.9. The van der Waals surface area contributed by atoms with Gasteiger partial charge in [-0.2, -0.15) is 0 Å². The molecule has 1 unspecified atom stereocenters. The molecule has 1 aromatic heterocycles. The van der Waals surface area contributed by atoms with Gasteiger partial charge in [0.2, 0.25) is 0 Å². The van der Waals surface area contributed by atoms with E-state index in [2.05, 4.69) is 104 Å². The monoisotopic (exact) mass is 483 g/mol. The third-order valence-electron chi connectivity index (χ3n) is 5.05.